The van der Waals surface area contributed by atoms with Crippen LogP contribution in [0.2, 0.25) is 0 Å². The van der Waals surface area contributed by atoms with E-state index in [1.165, 1.54) is 0 Å². The van der Waals surface area contributed by atoms with Crippen molar-refractivity contribution in [2.45, 2.75) is 25.2 Å². The van der Waals surface area contributed by atoms with Crippen molar-refractivity contribution >= 4 is 18.3 Å². The van der Waals surface area contributed by atoms with E-state index in [1.807, 2.05) is 19.1 Å². The fourth-order valence-electron chi connectivity index (χ4n) is 2.79. The highest BCUT2D eigenvalue weighted by Gasteiger charge is 2.51. The predicted molar refractivity (Wildman–Crippen MR) is 85.3 cm³/mol. The third-order valence-electron chi connectivity index (χ3n) is 4.56. The molecule has 2 N–H and O–H groups in total. The number of carbonyl (C=O) groups is 1. The van der Waals surface area contributed by atoms with Crippen LogP contribution in [0.4, 0.5) is 0 Å². The lowest BCUT2D eigenvalue weighted by Gasteiger charge is -2.28. The van der Waals surface area contributed by atoms with Crippen molar-refractivity contribution in [2.75, 3.05) is 26.7 Å². The first-order valence-electron chi connectivity index (χ1n) is 7.30. The lowest BCUT2D eigenvalue weighted by molar-refractivity contribution is -0.123. The Kier molecular flexibility index (Phi) is 4.79. The molecule has 21 heavy (non-hydrogen) atoms. The number of methoxy groups -OCH3 is 1. The number of rotatable bonds is 5. The molecule has 3 rings (SSSR count). The van der Waals surface area contributed by atoms with Crippen LogP contribution in [0.1, 0.15) is 24.0 Å². The fourth-order valence-corrected chi connectivity index (χ4v) is 2.79. The second-order valence-corrected chi connectivity index (χ2v) is 6.00. The van der Waals surface area contributed by atoms with Crippen LogP contribution in [0, 0.1) is 12.8 Å². The maximum absolute atomic E-state index is 12.5. The molecule has 1 aromatic rings. The number of hydrogen-bond acceptors (Lipinski definition) is 3. The van der Waals surface area contributed by atoms with Gasteiger partial charge in [0.15, 0.2) is 0 Å². The van der Waals surface area contributed by atoms with E-state index in [2.05, 4.69) is 16.7 Å². The van der Waals surface area contributed by atoms with Gasteiger partial charge < -0.3 is 15.4 Å². The maximum atomic E-state index is 12.5. The molecule has 1 saturated carbocycles. The SMILES string of the molecule is COc1cc(C2(C(=O)NCC3CNC3)CC2)ccc1C.Cl. The minimum Gasteiger partial charge on any atom is -0.496 e. The Labute approximate surface area is 132 Å². The van der Waals surface area contributed by atoms with Gasteiger partial charge in [-0.1, -0.05) is 12.1 Å². The van der Waals surface area contributed by atoms with Crippen LogP contribution >= 0.6 is 12.4 Å². The van der Waals surface area contributed by atoms with Crippen LogP contribution in [0.15, 0.2) is 18.2 Å². The van der Waals surface area contributed by atoms with Crippen molar-refractivity contribution in [2.24, 2.45) is 5.92 Å². The molecule has 1 saturated heterocycles. The van der Waals surface area contributed by atoms with Gasteiger partial charge in [0, 0.05) is 25.6 Å². The summed E-state index contributed by atoms with van der Waals surface area (Å²) < 4.78 is 5.37. The molecule has 1 aliphatic carbocycles. The molecule has 0 bridgehead atoms. The lowest BCUT2D eigenvalue weighted by atomic mass is 9.93. The van der Waals surface area contributed by atoms with Crippen LogP contribution in [0.3, 0.4) is 0 Å². The Morgan fingerprint density at radius 3 is 2.67 bits per heavy atom. The van der Waals surface area contributed by atoms with E-state index >= 15 is 0 Å². The zero-order chi connectivity index (χ0) is 14.2. The van der Waals surface area contributed by atoms with Gasteiger partial charge in [0.2, 0.25) is 5.91 Å². The summed E-state index contributed by atoms with van der Waals surface area (Å²) in [6.45, 7) is 4.85. The van der Waals surface area contributed by atoms with Crippen molar-refractivity contribution in [3.05, 3.63) is 29.3 Å². The zero-order valence-corrected chi connectivity index (χ0v) is 13.4. The predicted octanol–water partition coefficient (Wildman–Crippen LogP) is 1.79. The molecule has 2 fully saturated rings. The molecule has 116 valence electrons. The third-order valence-corrected chi connectivity index (χ3v) is 4.56. The summed E-state index contributed by atoms with van der Waals surface area (Å²) in [5.41, 5.74) is 1.88. The number of benzene rings is 1. The Morgan fingerprint density at radius 2 is 2.14 bits per heavy atom. The average molecular weight is 311 g/mol. The summed E-state index contributed by atoms with van der Waals surface area (Å²) in [7, 11) is 1.68. The third kappa shape index (κ3) is 3.01. The molecule has 0 aromatic heterocycles. The van der Waals surface area contributed by atoms with Crippen molar-refractivity contribution in [3.8, 4) is 5.75 Å². The summed E-state index contributed by atoms with van der Waals surface area (Å²) in [6, 6.07) is 6.12. The second kappa shape index (κ2) is 6.24. The zero-order valence-electron chi connectivity index (χ0n) is 12.6. The summed E-state index contributed by atoms with van der Waals surface area (Å²) >= 11 is 0. The van der Waals surface area contributed by atoms with Gasteiger partial charge in [-0.15, -0.1) is 12.4 Å². The fraction of sp³-hybridized carbons (Fsp3) is 0.562. The normalized spacial score (nSPS) is 19.1. The van der Waals surface area contributed by atoms with E-state index in [4.69, 9.17) is 4.74 Å². The van der Waals surface area contributed by atoms with Gasteiger partial charge >= 0.3 is 0 Å². The topological polar surface area (TPSA) is 50.4 Å². The number of ether oxygens (including phenoxy) is 1. The first-order valence-corrected chi connectivity index (χ1v) is 7.30. The average Bonchev–Trinajstić information content (AvgIpc) is 3.19. The molecule has 5 heteroatoms. The number of carbonyl (C=O) groups excluding carboxylic acids is 1. The number of nitrogens with one attached hydrogen (secondary N) is 2. The molecule has 1 heterocycles. The smallest absolute Gasteiger partial charge is 0.230 e. The lowest BCUT2D eigenvalue weighted by Crippen LogP contribution is -2.49. The van der Waals surface area contributed by atoms with Gasteiger partial charge in [0.25, 0.3) is 0 Å². The summed E-state index contributed by atoms with van der Waals surface area (Å²) in [5.74, 6) is 1.64. The number of hydrogen-bond donors (Lipinski definition) is 2. The maximum Gasteiger partial charge on any atom is 0.230 e. The molecule has 0 radical (unpaired) electrons. The van der Waals surface area contributed by atoms with Crippen LogP contribution in [0.5, 0.6) is 5.75 Å². The van der Waals surface area contributed by atoms with Gasteiger partial charge in [-0.25, -0.2) is 0 Å². The van der Waals surface area contributed by atoms with Gasteiger partial charge in [0.1, 0.15) is 5.75 Å². The molecule has 1 amide bonds. The summed E-state index contributed by atoms with van der Waals surface area (Å²) in [4.78, 5) is 12.5. The number of halogens is 1. The molecular weight excluding hydrogens is 288 g/mol. The number of amides is 1. The first-order chi connectivity index (χ1) is 9.65. The van der Waals surface area contributed by atoms with Gasteiger partial charge in [-0.05, 0) is 37.0 Å². The number of aryl methyl sites for hydroxylation is 1. The minimum absolute atomic E-state index is 0. The Morgan fingerprint density at radius 1 is 1.43 bits per heavy atom. The standard InChI is InChI=1S/C16H22N2O2.ClH/c1-11-3-4-13(7-14(11)20-2)16(5-6-16)15(19)18-10-12-8-17-9-12;/h3-4,7,12,17H,5-6,8-10H2,1-2H3,(H,18,19);1H. The van der Waals surface area contributed by atoms with Crippen molar-refractivity contribution in [1.82, 2.24) is 10.6 Å². The van der Waals surface area contributed by atoms with Crippen LogP contribution in [0.25, 0.3) is 0 Å². The minimum atomic E-state index is -0.307. The van der Waals surface area contributed by atoms with Crippen molar-refractivity contribution in [1.29, 1.82) is 0 Å². The van der Waals surface area contributed by atoms with E-state index in [1.54, 1.807) is 7.11 Å². The first kappa shape index (κ1) is 16.1. The second-order valence-electron chi connectivity index (χ2n) is 6.00. The van der Waals surface area contributed by atoms with Gasteiger partial charge in [0.05, 0.1) is 12.5 Å². The molecule has 0 unspecified atom stereocenters. The quantitative estimate of drug-likeness (QED) is 0.872. The Balaban J connectivity index is 0.00000161. The van der Waals surface area contributed by atoms with E-state index < -0.39 is 0 Å². The van der Waals surface area contributed by atoms with Gasteiger partial charge in [-0.3, -0.25) is 4.79 Å². The van der Waals surface area contributed by atoms with Crippen molar-refractivity contribution < 1.29 is 9.53 Å². The Bertz CT molecular complexity index is 525. The van der Waals surface area contributed by atoms with Crippen LogP contribution in [-0.4, -0.2) is 32.7 Å². The summed E-state index contributed by atoms with van der Waals surface area (Å²) in [5, 5.41) is 6.34. The molecule has 4 nitrogen and oxygen atoms in total. The highest BCUT2D eigenvalue weighted by atomic mass is 35.5. The molecule has 1 aliphatic heterocycles. The largest absolute Gasteiger partial charge is 0.496 e. The molecule has 1 aromatic carbocycles. The monoisotopic (exact) mass is 310 g/mol. The van der Waals surface area contributed by atoms with Crippen molar-refractivity contribution in [3.63, 3.8) is 0 Å². The Hall–Kier alpha value is -1.26. The molecule has 0 spiro atoms. The van der Waals surface area contributed by atoms with E-state index in [-0.39, 0.29) is 23.7 Å². The summed E-state index contributed by atoms with van der Waals surface area (Å²) in [6.07, 6.45) is 1.88. The van der Waals surface area contributed by atoms with Crippen LogP contribution < -0.4 is 15.4 Å². The van der Waals surface area contributed by atoms with E-state index in [9.17, 15) is 4.79 Å². The highest BCUT2D eigenvalue weighted by molar-refractivity contribution is 5.91. The van der Waals surface area contributed by atoms with Gasteiger partial charge in [-0.2, -0.15) is 0 Å². The van der Waals surface area contributed by atoms with E-state index in [0.717, 1.165) is 49.4 Å². The highest BCUT2D eigenvalue weighted by Crippen LogP contribution is 2.49. The molecular formula is C16H23ClN2O2. The van der Waals surface area contributed by atoms with Crippen LogP contribution in [-0.2, 0) is 10.2 Å². The molecule has 2 aliphatic rings. The van der Waals surface area contributed by atoms with E-state index in [0.29, 0.717) is 5.92 Å². The molecule has 0 atom stereocenters.